The first-order valence-electron chi connectivity index (χ1n) is 8.63. The van der Waals surface area contributed by atoms with Crippen LogP contribution >= 0.6 is 11.3 Å². The summed E-state index contributed by atoms with van der Waals surface area (Å²) in [5.41, 5.74) is 1.71. The number of hydrogen-bond acceptors (Lipinski definition) is 6. The van der Waals surface area contributed by atoms with Crippen molar-refractivity contribution in [2.45, 2.75) is 13.5 Å². The molecule has 0 spiro atoms. The number of benzene rings is 1. The second-order valence-corrected chi connectivity index (χ2v) is 7.32. The number of thiophene rings is 1. The number of carbonyl (C=O) groups is 1. The summed E-state index contributed by atoms with van der Waals surface area (Å²) in [5.74, 6) is 0.634. The SMILES string of the molecule is Cc1cc(CNC(=O)c2cc3ccccc3s2)nc(N2CCOCC2)n1. The number of nitrogens with one attached hydrogen (secondary N) is 1. The van der Waals surface area contributed by atoms with Gasteiger partial charge in [-0.1, -0.05) is 18.2 Å². The van der Waals surface area contributed by atoms with E-state index in [0.717, 1.165) is 34.6 Å². The van der Waals surface area contributed by atoms with Crippen LogP contribution in [0.25, 0.3) is 10.1 Å². The van der Waals surface area contributed by atoms with E-state index in [2.05, 4.69) is 20.2 Å². The first kappa shape index (κ1) is 16.9. The second kappa shape index (κ2) is 7.39. The number of hydrogen-bond donors (Lipinski definition) is 1. The predicted octanol–water partition coefficient (Wildman–Crippen LogP) is 2.77. The van der Waals surface area contributed by atoms with Gasteiger partial charge in [0.05, 0.1) is 30.3 Å². The quantitative estimate of drug-likeness (QED) is 0.767. The number of fused-ring (bicyclic) bond motifs is 1. The Morgan fingerprint density at radius 3 is 2.85 bits per heavy atom. The van der Waals surface area contributed by atoms with Crippen molar-refractivity contribution in [3.8, 4) is 0 Å². The zero-order valence-electron chi connectivity index (χ0n) is 14.6. The van der Waals surface area contributed by atoms with Crippen LogP contribution in [0.3, 0.4) is 0 Å². The monoisotopic (exact) mass is 368 g/mol. The van der Waals surface area contributed by atoms with Gasteiger partial charge in [-0.3, -0.25) is 4.79 Å². The minimum Gasteiger partial charge on any atom is -0.378 e. The van der Waals surface area contributed by atoms with Gasteiger partial charge in [0.1, 0.15) is 0 Å². The van der Waals surface area contributed by atoms with E-state index >= 15 is 0 Å². The number of carbonyl (C=O) groups excluding carboxylic acids is 1. The highest BCUT2D eigenvalue weighted by atomic mass is 32.1. The maximum Gasteiger partial charge on any atom is 0.261 e. The third-order valence-electron chi connectivity index (χ3n) is 4.27. The number of aryl methyl sites for hydroxylation is 1. The normalized spacial score (nSPS) is 14.6. The van der Waals surface area contributed by atoms with Gasteiger partial charge in [0.25, 0.3) is 5.91 Å². The van der Waals surface area contributed by atoms with E-state index in [1.807, 2.05) is 43.3 Å². The lowest BCUT2D eigenvalue weighted by atomic mass is 10.2. The molecule has 1 N–H and O–H groups in total. The van der Waals surface area contributed by atoms with Crippen LogP contribution in [0.5, 0.6) is 0 Å². The first-order valence-corrected chi connectivity index (χ1v) is 9.45. The molecular formula is C19H20N4O2S. The maximum atomic E-state index is 12.5. The molecule has 0 unspecified atom stereocenters. The lowest BCUT2D eigenvalue weighted by Crippen LogP contribution is -2.37. The van der Waals surface area contributed by atoms with E-state index in [0.29, 0.717) is 30.6 Å². The van der Waals surface area contributed by atoms with E-state index in [-0.39, 0.29) is 5.91 Å². The Kier molecular flexibility index (Phi) is 4.81. The lowest BCUT2D eigenvalue weighted by molar-refractivity contribution is 0.0954. The summed E-state index contributed by atoms with van der Waals surface area (Å²) in [6.45, 7) is 5.29. The molecule has 7 heteroatoms. The number of morpholine rings is 1. The minimum atomic E-state index is -0.0737. The fourth-order valence-corrected chi connectivity index (χ4v) is 3.94. The summed E-state index contributed by atoms with van der Waals surface area (Å²) < 4.78 is 6.50. The third kappa shape index (κ3) is 3.68. The highest BCUT2D eigenvalue weighted by Gasteiger charge is 2.16. The Balaban J connectivity index is 1.46. The first-order chi connectivity index (χ1) is 12.7. The molecule has 1 amide bonds. The van der Waals surface area contributed by atoms with Crippen LogP contribution in [0.2, 0.25) is 0 Å². The topological polar surface area (TPSA) is 67.4 Å². The van der Waals surface area contributed by atoms with Gasteiger partial charge in [0.2, 0.25) is 5.95 Å². The van der Waals surface area contributed by atoms with Crippen molar-refractivity contribution in [2.75, 3.05) is 31.2 Å². The van der Waals surface area contributed by atoms with Gasteiger partial charge < -0.3 is 15.0 Å². The molecule has 0 radical (unpaired) electrons. The molecule has 1 aliphatic heterocycles. The fourth-order valence-electron chi connectivity index (χ4n) is 2.96. The molecule has 1 saturated heterocycles. The highest BCUT2D eigenvalue weighted by Crippen LogP contribution is 2.25. The minimum absolute atomic E-state index is 0.0737. The molecule has 0 bridgehead atoms. The molecule has 0 aliphatic carbocycles. The molecule has 26 heavy (non-hydrogen) atoms. The Bertz CT molecular complexity index is 901. The standard InChI is InChI=1S/C19H20N4O2S/c1-13-10-15(22-19(21-13)23-6-8-25-9-7-23)12-20-18(24)17-11-14-4-2-3-5-16(14)26-17/h2-5,10-11H,6-9,12H2,1H3,(H,20,24). The van der Waals surface area contributed by atoms with Gasteiger partial charge in [0, 0.05) is 23.5 Å². The zero-order valence-corrected chi connectivity index (χ0v) is 15.4. The maximum absolute atomic E-state index is 12.5. The average Bonchev–Trinajstić information content (AvgIpc) is 3.11. The predicted molar refractivity (Wildman–Crippen MR) is 103 cm³/mol. The number of rotatable bonds is 4. The molecule has 3 aromatic rings. The molecule has 1 aliphatic rings. The summed E-state index contributed by atoms with van der Waals surface area (Å²) >= 11 is 1.50. The van der Waals surface area contributed by atoms with Crippen molar-refractivity contribution in [3.63, 3.8) is 0 Å². The molecule has 4 rings (SSSR count). The average molecular weight is 368 g/mol. The third-order valence-corrected chi connectivity index (χ3v) is 5.38. The molecule has 0 atom stereocenters. The van der Waals surface area contributed by atoms with Crippen molar-refractivity contribution in [3.05, 3.63) is 52.7 Å². The lowest BCUT2D eigenvalue weighted by Gasteiger charge is -2.27. The van der Waals surface area contributed by atoms with Crippen molar-refractivity contribution < 1.29 is 9.53 Å². The Labute approximate surface area is 155 Å². The molecule has 0 saturated carbocycles. The molecule has 6 nitrogen and oxygen atoms in total. The van der Waals surface area contributed by atoms with E-state index in [4.69, 9.17) is 4.74 Å². The van der Waals surface area contributed by atoms with Crippen LogP contribution in [0.1, 0.15) is 21.1 Å². The molecular weight excluding hydrogens is 348 g/mol. The summed E-state index contributed by atoms with van der Waals surface area (Å²) in [5, 5.41) is 4.06. The van der Waals surface area contributed by atoms with E-state index < -0.39 is 0 Å². The Morgan fingerprint density at radius 2 is 2.04 bits per heavy atom. The van der Waals surface area contributed by atoms with Crippen molar-refractivity contribution >= 4 is 33.3 Å². The Hall–Kier alpha value is -2.51. The number of anilines is 1. The fraction of sp³-hybridized carbons (Fsp3) is 0.316. The molecule has 1 aromatic carbocycles. The van der Waals surface area contributed by atoms with Crippen LogP contribution in [0.15, 0.2) is 36.4 Å². The van der Waals surface area contributed by atoms with Gasteiger partial charge >= 0.3 is 0 Å². The van der Waals surface area contributed by atoms with Crippen molar-refractivity contribution in [2.24, 2.45) is 0 Å². The zero-order chi connectivity index (χ0) is 17.9. The van der Waals surface area contributed by atoms with Crippen molar-refractivity contribution in [1.82, 2.24) is 15.3 Å². The number of amides is 1. The van der Waals surface area contributed by atoms with E-state index in [1.165, 1.54) is 11.3 Å². The molecule has 2 aromatic heterocycles. The summed E-state index contributed by atoms with van der Waals surface area (Å²) in [6.07, 6.45) is 0. The van der Waals surface area contributed by atoms with Gasteiger partial charge in [-0.25, -0.2) is 9.97 Å². The van der Waals surface area contributed by atoms with E-state index in [9.17, 15) is 4.79 Å². The largest absolute Gasteiger partial charge is 0.378 e. The summed E-state index contributed by atoms with van der Waals surface area (Å²) in [4.78, 5) is 24.5. The van der Waals surface area contributed by atoms with Crippen LogP contribution in [-0.2, 0) is 11.3 Å². The van der Waals surface area contributed by atoms with Crippen LogP contribution in [0, 0.1) is 6.92 Å². The van der Waals surface area contributed by atoms with Gasteiger partial charge in [0.15, 0.2) is 0 Å². The van der Waals surface area contributed by atoms with Crippen LogP contribution in [0.4, 0.5) is 5.95 Å². The molecule has 134 valence electrons. The second-order valence-electron chi connectivity index (χ2n) is 6.23. The van der Waals surface area contributed by atoms with Gasteiger partial charge in [-0.05, 0) is 30.5 Å². The summed E-state index contributed by atoms with van der Waals surface area (Å²) in [6, 6.07) is 11.9. The number of aromatic nitrogens is 2. The van der Waals surface area contributed by atoms with Gasteiger partial charge in [-0.15, -0.1) is 11.3 Å². The van der Waals surface area contributed by atoms with Crippen LogP contribution < -0.4 is 10.2 Å². The summed E-state index contributed by atoms with van der Waals surface area (Å²) in [7, 11) is 0. The molecule has 3 heterocycles. The van der Waals surface area contributed by atoms with Gasteiger partial charge in [-0.2, -0.15) is 0 Å². The highest BCUT2D eigenvalue weighted by molar-refractivity contribution is 7.20. The number of nitrogens with zero attached hydrogens (tertiary/aromatic N) is 3. The Morgan fingerprint density at radius 1 is 1.23 bits per heavy atom. The van der Waals surface area contributed by atoms with Crippen LogP contribution in [-0.4, -0.2) is 42.2 Å². The van der Waals surface area contributed by atoms with Crippen molar-refractivity contribution in [1.29, 1.82) is 0 Å². The smallest absolute Gasteiger partial charge is 0.261 e. The molecule has 1 fully saturated rings. The van der Waals surface area contributed by atoms with E-state index in [1.54, 1.807) is 0 Å². The number of ether oxygens (including phenoxy) is 1.